The first-order valence-electron chi connectivity index (χ1n) is 7.29. The second-order valence-electron chi connectivity index (χ2n) is 6.85. The van der Waals surface area contributed by atoms with Gasteiger partial charge in [-0.15, -0.1) is 23.2 Å². The van der Waals surface area contributed by atoms with E-state index in [4.69, 9.17) is 56.0 Å². The Labute approximate surface area is 151 Å². The van der Waals surface area contributed by atoms with Crippen LogP contribution >= 0.6 is 46.4 Å². The molecule has 1 saturated carbocycles. The SMILES string of the molecule is CON1C(=O)[C@@H]2[C@@H]3O[C@@H]([C@@H]2C1=O)[C@@H]1[C@@H]3[C@@]2(Cl)C[C@@]1(Cl)C(Cl)=C2Cl. The van der Waals surface area contributed by atoms with E-state index in [1.807, 2.05) is 0 Å². The minimum atomic E-state index is -0.931. The number of nitrogens with zero attached hydrogens (tertiary/aromatic N) is 1. The fraction of sp³-hybridized carbons (Fsp3) is 0.714. The van der Waals surface area contributed by atoms with Gasteiger partial charge >= 0.3 is 0 Å². The van der Waals surface area contributed by atoms with Gasteiger partial charge in [-0.05, 0) is 6.42 Å². The third-order valence-corrected chi connectivity index (χ3v) is 8.64. The third kappa shape index (κ3) is 1.37. The van der Waals surface area contributed by atoms with Crippen LogP contribution in [0.3, 0.4) is 0 Å². The number of halogens is 4. The van der Waals surface area contributed by atoms with Crippen molar-refractivity contribution in [2.24, 2.45) is 23.7 Å². The van der Waals surface area contributed by atoms with Crippen LogP contribution in [0.25, 0.3) is 0 Å². The van der Waals surface area contributed by atoms with Gasteiger partial charge in [-0.3, -0.25) is 14.4 Å². The molecule has 0 aromatic carbocycles. The summed E-state index contributed by atoms with van der Waals surface area (Å²) in [6.45, 7) is 0. The smallest absolute Gasteiger partial charge is 0.260 e. The largest absolute Gasteiger partial charge is 0.373 e. The van der Waals surface area contributed by atoms with E-state index >= 15 is 0 Å². The molecular weight excluding hydrogens is 388 g/mol. The molecule has 0 aromatic heterocycles. The van der Waals surface area contributed by atoms with Crippen LogP contribution in [0.5, 0.6) is 0 Å². The first-order valence-corrected chi connectivity index (χ1v) is 8.80. The fourth-order valence-electron chi connectivity index (χ4n) is 5.44. The molecule has 3 heterocycles. The highest BCUT2D eigenvalue weighted by molar-refractivity contribution is 6.51. The molecule has 124 valence electrons. The van der Waals surface area contributed by atoms with Crippen LogP contribution in [0.15, 0.2) is 10.1 Å². The van der Waals surface area contributed by atoms with Gasteiger partial charge in [-0.25, -0.2) is 0 Å². The van der Waals surface area contributed by atoms with Crippen molar-refractivity contribution in [2.45, 2.75) is 28.4 Å². The lowest BCUT2D eigenvalue weighted by Gasteiger charge is -2.40. The van der Waals surface area contributed by atoms with Gasteiger partial charge in [0.25, 0.3) is 11.8 Å². The zero-order valence-corrected chi connectivity index (χ0v) is 14.8. The standard InChI is InChI=1S/C14H11Cl4NO4/c1-22-19-11(20)3-4(12(19)21)8-6-5(7(3)23-8)13(17)2-14(6,18)10(16)9(13)15/h3-8H,2H2,1H3/t3-,4+,5-,6-,7-,8-,13-,14-/m0/s1. The Morgan fingerprint density at radius 2 is 1.48 bits per heavy atom. The first-order chi connectivity index (χ1) is 10.8. The maximum absolute atomic E-state index is 12.5. The number of allylic oxidation sites excluding steroid dienone is 2. The summed E-state index contributed by atoms with van der Waals surface area (Å²) in [6.07, 6.45) is -0.603. The molecule has 5 nitrogen and oxygen atoms in total. The fourth-order valence-corrected chi connectivity index (χ4v) is 7.46. The zero-order valence-electron chi connectivity index (χ0n) is 11.8. The number of hydrogen-bond donors (Lipinski definition) is 0. The van der Waals surface area contributed by atoms with E-state index < -0.39 is 33.8 Å². The van der Waals surface area contributed by atoms with Gasteiger partial charge < -0.3 is 4.74 Å². The Bertz CT molecular complexity index is 659. The zero-order chi connectivity index (χ0) is 16.5. The Hall–Kier alpha value is -0.0400. The Morgan fingerprint density at radius 3 is 1.87 bits per heavy atom. The van der Waals surface area contributed by atoms with Crippen LogP contribution in [0.2, 0.25) is 0 Å². The lowest BCUT2D eigenvalue weighted by atomic mass is 9.65. The number of hydrogen-bond acceptors (Lipinski definition) is 4. The number of carbonyl (C=O) groups is 2. The van der Waals surface area contributed by atoms with Crippen molar-refractivity contribution in [3.63, 3.8) is 0 Å². The van der Waals surface area contributed by atoms with Gasteiger partial charge in [-0.1, -0.05) is 23.2 Å². The van der Waals surface area contributed by atoms with Crippen LogP contribution in [0.4, 0.5) is 0 Å². The van der Waals surface area contributed by atoms with Crippen LogP contribution in [-0.4, -0.2) is 45.9 Å². The molecule has 3 aliphatic heterocycles. The molecule has 9 heteroatoms. The molecule has 0 N–H and O–H groups in total. The van der Waals surface area contributed by atoms with Crippen LogP contribution < -0.4 is 0 Å². The van der Waals surface area contributed by atoms with Crippen molar-refractivity contribution in [1.29, 1.82) is 0 Å². The maximum Gasteiger partial charge on any atom is 0.260 e. The van der Waals surface area contributed by atoms with E-state index in [1.165, 1.54) is 7.11 Å². The van der Waals surface area contributed by atoms with Crippen LogP contribution in [-0.2, 0) is 19.2 Å². The molecule has 0 unspecified atom stereocenters. The van der Waals surface area contributed by atoms with E-state index in [1.54, 1.807) is 0 Å². The van der Waals surface area contributed by atoms with Crippen molar-refractivity contribution in [2.75, 3.05) is 7.11 Å². The minimum absolute atomic E-state index is 0.239. The van der Waals surface area contributed by atoms with E-state index in [0.717, 1.165) is 5.06 Å². The van der Waals surface area contributed by atoms with Crippen LogP contribution in [0.1, 0.15) is 6.42 Å². The van der Waals surface area contributed by atoms with Gasteiger partial charge in [-0.2, -0.15) is 5.06 Å². The van der Waals surface area contributed by atoms with Crippen molar-refractivity contribution < 1.29 is 19.2 Å². The quantitative estimate of drug-likeness (QED) is 0.502. The van der Waals surface area contributed by atoms with Gasteiger partial charge in [0.15, 0.2) is 0 Å². The van der Waals surface area contributed by atoms with E-state index in [0.29, 0.717) is 16.5 Å². The van der Waals surface area contributed by atoms with Crippen molar-refractivity contribution in [1.82, 2.24) is 5.06 Å². The number of amides is 2. The summed E-state index contributed by atoms with van der Waals surface area (Å²) in [7, 11) is 1.30. The lowest BCUT2D eigenvalue weighted by molar-refractivity contribution is -0.184. The van der Waals surface area contributed by atoms with Crippen molar-refractivity contribution in [3.8, 4) is 0 Å². The number of hydroxylamine groups is 2. The van der Waals surface area contributed by atoms with Gasteiger partial charge in [0, 0.05) is 11.8 Å². The lowest BCUT2D eigenvalue weighted by Crippen LogP contribution is -2.50. The van der Waals surface area contributed by atoms with Gasteiger partial charge in [0.1, 0.15) is 0 Å². The molecule has 3 saturated heterocycles. The Balaban J connectivity index is 1.65. The molecule has 2 aliphatic carbocycles. The summed E-state index contributed by atoms with van der Waals surface area (Å²) >= 11 is 26.3. The van der Waals surface area contributed by atoms with E-state index in [-0.39, 0.29) is 23.7 Å². The number of alkyl halides is 2. The molecule has 4 bridgehead atoms. The molecule has 0 radical (unpaired) electrons. The number of carbonyl (C=O) groups excluding carboxylic acids is 2. The molecule has 2 amide bonds. The summed E-state index contributed by atoms with van der Waals surface area (Å²) in [5.41, 5.74) is 0. The second-order valence-corrected chi connectivity index (χ2v) is 8.96. The topological polar surface area (TPSA) is 55.8 Å². The molecular formula is C14H11Cl4NO4. The molecule has 23 heavy (non-hydrogen) atoms. The average Bonchev–Trinajstić information content (AvgIpc) is 3.21. The molecule has 8 atom stereocenters. The predicted molar refractivity (Wildman–Crippen MR) is 82.0 cm³/mol. The summed E-state index contributed by atoms with van der Waals surface area (Å²) < 4.78 is 6.01. The maximum atomic E-state index is 12.5. The third-order valence-electron chi connectivity index (χ3n) is 6.15. The summed E-state index contributed by atoms with van der Waals surface area (Å²) in [6, 6.07) is 0. The van der Waals surface area contributed by atoms with E-state index in [2.05, 4.69) is 0 Å². The van der Waals surface area contributed by atoms with Crippen molar-refractivity contribution >= 4 is 58.2 Å². The minimum Gasteiger partial charge on any atom is -0.373 e. The highest BCUT2D eigenvalue weighted by Crippen LogP contribution is 2.75. The molecule has 5 rings (SSSR count). The molecule has 5 aliphatic rings. The monoisotopic (exact) mass is 397 g/mol. The average molecular weight is 399 g/mol. The summed E-state index contributed by atoms with van der Waals surface area (Å²) in [5.74, 6) is -2.43. The highest BCUT2D eigenvalue weighted by Gasteiger charge is 2.81. The molecule has 4 fully saturated rings. The summed E-state index contributed by atoms with van der Waals surface area (Å²) in [4.78, 5) is 28.1. The van der Waals surface area contributed by atoms with Crippen LogP contribution in [0, 0.1) is 23.7 Å². The summed E-state index contributed by atoms with van der Waals surface area (Å²) in [5, 5.41) is 1.49. The highest BCUT2D eigenvalue weighted by atomic mass is 35.5. The van der Waals surface area contributed by atoms with E-state index in [9.17, 15) is 9.59 Å². The van der Waals surface area contributed by atoms with Crippen molar-refractivity contribution in [3.05, 3.63) is 10.1 Å². The normalized spacial score (nSPS) is 56.1. The predicted octanol–water partition coefficient (Wildman–Crippen LogP) is 2.22. The number of ether oxygens (including phenoxy) is 1. The Kier molecular flexibility index (Phi) is 2.78. The number of rotatable bonds is 1. The number of imide groups is 1. The molecule has 0 aromatic rings. The first kappa shape index (κ1) is 15.2. The second kappa shape index (κ2) is 4.19. The Morgan fingerprint density at radius 1 is 1.04 bits per heavy atom. The van der Waals surface area contributed by atoms with Gasteiger partial charge in [0.05, 0.1) is 51.0 Å². The molecule has 0 spiro atoms. The van der Waals surface area contributed by atoms with Gasteiger partial charge in [0.2, 0.25) is 0 Å². The number of fused-ring (bicyclic) bond motifs is 12.